The predicted octanol–water partition coefficient (Wildman–Crippen LogP) is 1.40. The Morgan fingerprint density at radius 2 is 1.87 bits per heavy atom. The number of benzene rings is 1. The number of ether oxygens (including phenoxy) is 1. The highest BCUT2D eigenvalue weighted by molar-refractivity contribution is 5.90. The monoisotopic (exact) mass is 414 g/mol. The minimum atomic E-state index is -0.545. The lowest BCUT2D eigenvalue weighted by Gasteiger charge is -2.37. The third-order valence-electron chi connectivity index (χ3n) is 5.23. The molecule has 0 bridgehead atoms. The first-order chi connectivity index (χ1) is 14.5. The molecule has 0 saturated carbocycles. The van der Waals surface area contributed by atoms with Crippen molar-refractivity contribution in [1.82, 2.24) is 15.3 Å². The van der Waals surface area contributed by atoms with Gasteiger partial charge in [0.05, 0.1) is 42.5 Å². The first kappa shape index (κ1) is 19.9. The van der Waals surface area contributed by atoms with Crippen LogP contribution in [0.15, 0.2) is 36.9 Å². The summed E-state index contributed by atoms with van der Waals surface area (Å²) in [5, 5.41) is 2.62. The van der Waals surface area contributed by atoms with Crippen molar-refractivity contribution in [2.45, 2.75) is 13.0 Å². The van der Waals surface area contributed by atoms with Gasteiger partial charge in [-0.05, 0) is 18.2 Å². The van der Waals surface area contributed by atoms with Crippen LogP contribution in [0.4, 0.5) is 26.2 Å². The topological polar surface area (TPSA) is 90.9 Å². The van der Waals surface area contributed by atoms with E-state index in [0.29, 0.717) is 24.5 Å². The highest BCUT2D eigenvalue weighted by atomic mass is 19.1. The number of carbonyl (C=O) groups excluding carboxylic acids is 2. The maximum atomic E-state index is 14.9. The van der Waals surface area contributed by atoms with E-state index in [9.17, 15) is 14.0 Å². The SMILES string of the molecule is CC(=O)NCC1CN(c2ccc(N3CCN(c4cncnc4)CC3)c(F)c2)C(=O)O1. The van der Waals surface area contributed by atoms with Crippen LogP contribution >= 0.6 is 0 Å². The summed E-state index contributed by atoms with van der Waals surface area (Å²) >= 11 is 0. The van der Waals surface area contributed by atoms with Crippen LogP contribution in [0.1, 0.15) is 6.92 Å². The molecule has 158 valence electrons. The number of rotatable bonds is 5. The highest BCUT2D eigenvalue weighted by Gasteiger charge is 2.33. The van der Waals surface area contributed by atoms with Crippen LogP contribution in [-0.2, 0) is 9.53 Å². The van der Waals surface area contributed by atoms with Gasteiger partial charge in [0.1, 0.15) is 18.2 Å². The van der Waals surface area contributed by atoms with Crippen molar-refractivity contribution in [1.29, 1.82) is 0 Å². The molecule has 2 fully saturated rings. The Kier molecular flexibility index (Phi) is 5.64. The fourth-order valence-corrected chi connectivity index (χ4v) is 3.68. The fraction of sp³-hybridized carbons (Fsp3) is 0.400. The summed E-state index contributed by atoms with van der Waals surface area (Å²) in [5.74, 6) is -0.582. The lowest BCUT2D eigenvalue weighted by Crippen LogP contribution is -2.46. The number of anilines is 3. The standard InChI is InChI=1S/C20H23FN6O3/c1-14(28)24-11-17-12-27(20(29)30-17)15-2-3-19(18(21)8-15)26-6-4-25(5-7-26)16-9-22-13-23-10-16/h2-3,8-10,13,17H,4-7,11-12H2,1H3,(H,24,28). The number of piperazine rings is 1. The van der Waals surface area contributed by atoms with Gasteiger partial charge >= 0.3 is 6.09 Å². The Bertz CT molecular complexity index is 920. The molecule has 0 radical (unpaired) electrons. The minimum absolute atomic E-state index is 0.195. The van der Waals surface area contributed by atoms with Gasteiger partial charge in [-0.15, -0.1) is 0 Å². The van der Waals surface area contributed by atoms with Crippen LogP contribution in [0, 0.1) is 5.82 Å². The van der Waals surface area contributed by atoms with Crippen molar-refractivity contribution in [3.8, 4) is 0 Å². The van der Waals surface area contributed by atoms with Crippen LogP contribution in [0.25, 0.3) is 0 Å². The third-order valence-corrected chi connectivity index (χ3v) is 5.23. The fourth-order valence-electron chi connectivity index (χ4n) is 3.68. The van der Waals surface area contributed by atoms with E-state index < -0.39 is 12.2 Å². The highest BCUT2D eigenvalue weighted by Crippen LogP contribution is 2.29. The zero-order valence-corrected chi connectivity index (χ0v) is 16.6. The van der Waals surface area contributed by atoms with Crippen molar-refractivity contribution < 1.29 is 18.7 Å². The summed E-state index contributed by atoms with van der Waals surface area (Å²) < 4.78 is 20.1. The molecule has 3 heterocycles. The second-order valence-corrected chi connectivity index (χ2v) is 7.26. The van der Waals surface area contributed by atoms with E-state index in [2.05, 4.69) is 20.2 Å². The molecular formula is C20H23FN6O3. The van der Waals surface area contributed by atoms with E-state index in [-0.39, 0.29) is 24.8 Å². The number of nitrogens with zero attached hydrogens (tertiary/aromatic N) is 5. The van der Waals surface area contributed by atoms with Crippen LogP contribution in [-0.4, -0.2) is 67.3 Å². The maximum absolute atomic E-state index is 14.9. The second-order valence-electron chi connectivity index (χ2n) is 7.26. The zero-order chi connectivity index (χ0) is 21.1. The van der Waals surface area contributed by atoms with Crippen molar-refractivity contribution in [2.24, 2.45) is 0 Å². The van der Waals surface area contributed by atoms with Crippen LogP contribution in [0.2, 0.25) is 0 Å². The molecule has 0 spiro atoms. The number of hydrogen-bond donors (Lipinski definition) is 1. The normalized spacial score (nSPS) is 19.1. The number of nitrogens with one attached hydrogen (secondary N) is 1. The maximum Gasteiger partial charge on any atom is 0.414 e. The molecule has 1 unspecified atom stereocenters. The first-order valence-corrected chi connectivity index (χ1v) is 9.78. The summed E-state index contributed by atoms with van der Waals surface area (Å²) in [6.07, 6.45) is 4.03. The Hall–Kier alpha value is -3.43. The van der Waals surface area contributed by atoms with Crippen LogP contribution in [0.3, 0.4) is 0 Å². The zero-order valence-electron chi connectivity index (χ0n) is 16.6. The molecule has 2 amide bonds. The lowest BCUT2D eigenvalue weighted by molar-refractivity contribution is -0.119. The van der Waals surface area contributed by atoms with Gasteiger partial charge in [-0.3, -0.25) is 9.69 Å². The van der Waals surface area contributed by atoms with E-state index in [0.717, 1.165) is 18.8 Å². The Labute approximate surface area is 173 Å². The van der Waals surface area contributed by atoms with Crippen LogP contribution < -0.4 is 20.0 Å². The van der Waals surface area contributed by atoms with E-state index in [1.807, 2.05) is 4.90 Å². The summed E-state index contributed by atoms with van der Waals surface area (Å²) in [4.78, 5) is 36.8. The Morgan fingerprint density at radius 3 is 2.53 bits per heavy atom. The number of aromatic nitrogens is 2. The number of halogens is 1. The van der Waals surface area contributed by atoms with Crippen LogP contribution in [0.5, 0.6) is 0 Å². The van der Waals surface area contributed by atoms with E-state index in [4.69, 9.17) is 4.74 Å². The summed E-state index contributed by atoms with van der Waals surface area (Å²) in [7, 11) is 0. The van der Waals surface area contributed by atoms with Gasteiger partial charge < -0.3 is 19.9 Å². The van der Waals surface area contributed by atoms with Crippen molar-refractivity contribution in [3.63, 3.8) is 0 Å². The molecule has 2 aromatic rings. The minimum Gasteiger partial charge on any atom is -0.442 e. The van der Waals surface area contributed by atoms with Crippen molar-refractivity contribution >= 4 is 29.1 Å². The van der Waals surface area contributed by atoms with E-state index >= 15 is 0 Å². The first-order valence-electron chi connectivity index (χ1n) is 9.78. The molecule has 2 aliphatic heterocycles. The van der Waals surface area contributed by atoms with Gasteiger partial charge in [-0.25, -0.2) is 19.2 Å². The molecule has 4 rings (SSSR count). The predicted molar refractivity (Wildman–Crippen MR) is 109 cm³/mol. The van der Waals surface area contributed by atoms with E-state index in [1.165, 1.54) is 24.2 Å². The van der Waals surface area contributed by atoms with Crippen molar-refractivity contribution in [2.75, 3.05) is 54.0 Å². The molecule has 1 atom stereocenters. The summed E-state index contributed by atoms with van der Waals surface area (Å²) in [6.45, 7) is 4.68. The number of cyclic esters (lactones) is 1. The smallest absolute Gasteiger partial charge is 0.414 e. The Balaban J connectivity index is 1.39. The van der Waals surface area contributed by atoms with Gasteiger partial charge in [0.25, 0.3) is 0 Å². The molecule has 10 heteroatoms. The van der Waals surface area contributed by atoms with Gasteiger partial charge in [0, 0.05) is 33.1 Å². The Morgan fingerprint density at radius 1 is 1.17 bits per heavy atom. The largest absolute Gasteiger partial charge is 0.442 e. The molecule has 1 N–H and O–H groups in total. The summed E-state index contributed by atoms with van der Waals surface area (Å²) in [5.41, 5.74) is 1.89. The van der Waals surface area contributed by atoms with Gasteiger partial charge in [-0.2, -0.15) is 0 Å². The number of carbonyl (C=O) groups is 2. The molecule has 2 aliphatic rings. The van der Waals surface area contributed by atoms with Crippen molar-refractivity contribution in [3.05, 3.63) is 42.7 Å². The molecule has 1 aromatic heterocycles. The average molecular weight is 414 g/mol. The molecule has 9 nitrogen and oxygen atoms in total. The van der Waals surface area contributed by atoms with Gasteiger partial charge in [0.15, 0.2) is 0 Å². The lowest BCUT2D eigenvalue weighted by atomic mass is 10.2. The van der Waals surface area contributed by atoms with Gasteiger partial charge in [-0.1, -0.05) is 0 Å². The number of amides is 2. The molecule has 1 aromatic carbocycles. The second kappa shape index (κ2) is 8.52. The molecular weight excluding hydrogens is 391 g/mol. The molecule has 2 saturated heterocycles. The quantitative estimate of drug-likeness (QED) is 0.791. The number of hydrogen-bond acceptors (Lipinski definition) is 7. The molecule has 0 aliphatic carbocycles. The third kappa shape index (κ3) is 4.27. The average Bonchev–Trinajstić information content (AvgIpc) is 3.13. The van der Waals surface area contributed by atoms with Gasteiger partial charge in [0.2, 0.25) is 5.91 Å². The van der Waals surface area contributed by atoms with E-state index in [1.54, 1.807) is 24.5 Å². The molecule has 30 heavy (non-hydrogen) atoms. The summed E-state index contributed by atoms with van der Waals surface area (Å²) in [6, 6.07) is 4.77.